The molecule has 1 heterocycles. The van der Waals surface area contributed by atoms with Gasteiger partial charge in [0, 0.05) is 28.0 Å². The molecule has 0 bridgehead atoms. The van der Waals surface area contributed by atoms with Crippen LogP contribution < -0.4 is 4.90 Å². The van der Waals surface area contributed by atoms with Crippen molar-refractivity contribution in [3.8, 4) is 0 Å². The van der Waals surface area contributed by atoms with E-state index >= 15 is 0 Å². The van der Waals surface area contributed by atoms with Crippen molar-refractivity contribution in [1.82, 2.24) is 9.88 Å². The van der Waals surface area contributed by atoms with Crippen LogP contribution in [-0.2, 0) is 0 Å². The Balaban J connectivity index is 0.00000300. The van der Waals surface area contributed by atoms with E-state index in [9.17, 15) is 4.79 Å². The van der Waals surface area contributed by atoms with Gasteiger partial charge in [-0.25, -0.2) is 4.98 Å². The van der Waals surface area contributed by atoms with Crippen LogP contribution in [0.3, 0.4) is 0 Å². The second-order valence-corrected chi connectivity index (χ2v) is 9.07. The fourth-order valence-corrected chi connectivity index (χ4v) is 4.91. The summed E-state index contributed by atoms with van der Waals surface area (Å²) < 4.78 is 2.07. The molecule has 0 N–H and O–H groups in total. The summed E-state index contributed by atoms with van der Waals surface area (Å²) in [6.07, 6.45) is 2.05. The molecule has 0 unspecified atom stereocenters. The van der Waals surface area contributed by atoms with Crippen molar-refractivity contribution in [2.24, 2.45) is 0 Å². The van der Waals surface area contributed by atoms with E-state index in [2.05, 4.69) is 53.1 Å². The van der Waals surface area contributed by atoms with Gasteiger partial charge in [0.1, 0.15) is 0 Å². The highest BCUT2D eigenvalue weighted by Gasteiger charge is 2.22. The Morgan fingerprint density at radius 3 is 2.41 bits per heavy atom. The summed E-state index contributed by atoms with van der Waals surface area (Å²) in [5, 5.41) is 0.761. The number of thiazole rings is 1. The number of benzene rings is 2. The third kappa shape index (κ3) is 5.73. The first kappa shape index (κ1) is 24.2. The number of carbonyl (C=O) groups excluding carboxylic acids is 1. The van der Waals surface area contributed by atoms with Crippen LogP contribution >= 0.6 is 51.4 Å². The fourth-order valence-electron chi connectivity index (χ4n) is 3.01. The molecule has 29 heavy (non-hydrogen) atoms. The van der Waals surface area contributed by atoms with Gasteiger partial charge in [-0.3, -0.25) is 9.69 Å². The zero-order valence-electron chi connectivity index (χ0n) is 16.7. The molecule has 0 aliphatic carbocycles. The van der Waals surface area contributed by atoms with Crippen LogP contribution in [0, 0.1) is 0 Å². The first-order chi connectivity index (χ1) is 13.6. The highest BCUT2D eigenvalue weighted by Crippen LogP contribution is 2.34. The van der Waals surface area contributed by atoms with Crippen LogP contribution in [0.5, 0.6) is 0 Å². The van der Waals surface area contributed by atoms with E-state index in [1.807, 2.05) is 35.2 Å². The molecule has 0 atom stereocenters. The molecule has 1 amide bonds. The second kappa shape index (κ2) is 11.3. The van der Waals surface area contributed by atoms with Crippen LogP contribution in [0.15, 0.2) is 51.8 Å². The Morgan fingerprint density at radius 1 is 1.10 bits per heavy atom. The summed E-state index contributed by atoms with van der Waals surface area (Å²) in [6.45, 7) is 7.66. The van der Waals surface area contributed by atoms with Gasteiger partial charge in [0.2, 0.25) is 0 Å². The van der Waals surface area contributed by atoms with Crippen molar-refractivity contribution >= 4 is 72.7 Å². The summed E-state index contributed by atoms with van der Waals surface area (Å²) in [5.41, 5.74) is 1.65. The standard InChI is InChI=1S/C21H24BrN3OS2.ClH/c1-4-24(5-2)13-14-25(20(26)15-9-11-16(22)12-10-15)21-23-19-17(27-3)7-6-8-18(19)28-21;/h6-12H,4-5,13-14H2,1-3H3;1H. The maximum absolute atomic E-state index is 13.3. The van der Waals surface area contributed by atoms with Crippen LogP contribution in [-0.4, -0.2) is 48.2 Å². The molecule has 1 aromatic heterocycles. The number of hydrogen-bond donors (Lipinski definition) is 0. The van der Waals surface area contributed by atoms with E-state index in [1.54, 1.807) is 23.1 Å². The number of aromatic nitrogens is 1. The molecule has 0 saturated heterocycles. The van der Waals surface area contributed by atoms with E-state index in [0.717, 1.165) is 44.4 Å². The highest BCUT2D eigenvalue weighted by molar-refractivity contribution is 9.10. The first-order valence-electron chi connectivity index (χ1n) is 9.30. The van der Waals surface area contributed by atoms with Crippen molar-refractivity contribution in [2.45, 2.75) is 18.7 Å². The lowest BCUT2D eigenvalue weighted by Gasteiger charge is -2.24. The molecule has 0 fully saturated rings. The maximum Gasteiger partial charge on any atom is 0.260 e. The molecule has 156 valence electrons. The minimum atomic E-state index is -0.00980. The summed E-state index contributed by atoms with van der Waals surface area (Å²) in [6, 6.07) is 13.7. The van der Waals surface area contributed by atoms with Gasteiger partial charge in [-0.15, -0.1) is 24.2 Å². The topological polar surface area (TPSA) is 36.4 Å². The minimum Gasteiger partial charge on any atom is -0.302 e. The van der Waals surface area contributed by atoms with E-state index in [1.165, 1.54) is 0 Å². The lowest BCUT2D eigenvalue weighted by atomic mass is 10.2. The van der Waals surface area contributed by atoms with Gasteiger partial charge in [0.25, 0.3) is 5.91 Å². The van der Waals surface area contributed by atoms with E-state index in [0.29, 0.717) is 12.1 Å². The number of likely N-dealkylation sites (N-methyl/N-ethyl adjacent to an activating group) is 1. The van der Waals surface area contributed by atoms with E-state index in [-0.39, 0.29) is 18.3 Å². The van der Waals surface area contributed by atoms with Crippen LogP contribution in [0.25, 0.3) is 10.2 Å². The Bertz CT molecular complexity index is 945. The Labute approximate surface area is 195 Å². The number of para-hydroxylation sites is 1. The summed E-state index contributed by atoms with van der Waals surface area (Å²) in [5.74, 6) is -0.00980. The van der Waals surface area contributed by atoms with Crippen molar-refractivity contribution < 1.29 is 4.79 Å². The van der Waals surface area contributed by atoms with Gasteiger partial charge in [-0.05, 0) is 55.7 Å². The van der Waals surface area contributed by atoms with Crippen molar-refractivity contribution in [1.29, 1.82) is 0 Å². The Hall–Kier alpha value is -1.12. The molecular weight excluding hydrogens is 490 g/mol. The molecular formula is C21H25BrClN3OS2. The average molecular weight is 515 g/mol. The second-order valence-electron chi connectivity index (χ2n) is 6.29. The zero-order valence-corrected chi connectivity index (χ0v) is 20.8. The lowest BCUT2D eigenvalue weighted by molar-refractivity contribution is 0.0984. The lowest BCUT2D eigenvalue weighted by Crippen LogP contribution is -2.38. The van der Waals surface area contributed by atoms with Crippen molar-refractivity contribution in [2.75, 3.05) is 37.3 Å². The van der Waals surface area contributed by atoms with Crippen LogP contribution in [0.2, 0.25) is 0 Å². The third-order valence-electron chi connectivity index (χ3n) is 4.69. The predicted octanol–water partition coefficient (Wildman–Crippen LogP) is 6.19. The molecule has 0 radical (unpaired) electrons. The maximum atomic E-state index is 13.3. The normalized spacial score (nSPS) is 10.9. The molecule has 0 spiro atoms. The highest BCUT2D eigenvalue weighted by atomic mass is 79.9. The number of thioether (sulfide) groups is 1. The number of halogens is 2. The number of carbonyl (C=O) groups is 1. The molecule has 2 aromatic carbocycles. The zero-order chi connectivity index (χ0) is 20.1. The Kier molecular flexibility index (Phi) is 9.43. The fraction of sp³-hybridized carbons (Fsp3) is 0.333. The average Bonchev–Trinajstić information content (AvgIpc) is 3.15. The van der Waals surface area contributed by atoms with Gasteiger partial charge < -0.3 is 4.90 Å². The quantitative estimate of drug-likeness (QED) is 0.336. The number of fused-ring (bicyclic) bond motifs is 1. The number of nitrogens with zero attached hydrogens (tertiary/aromatic N) is 3. The summed E-state index contributed by atoms with van der Waals surface area (Å²) >= 11 is 6.70. The van der Waals surface area contributed by atoms with Crippen molar-refractivity contribution in [3.05, 3.63) is 52.5 Å². The van der Waals surface area contributed by atoms with E-state index in [4.69, 9.17) is 4.98 Å². The molecule has 4 nitrogen and oxygen atoms in total. The van der Waals surface area contributed by atoms with Crippen LogP contribution in [0.4, 0.5) is 5.13 Å². The Morgan fingerprint density at radius 2 is 1.79 bits per heavy atom. The first-order valence-corrected chi connectivity index (χ1v) is 12.1. The number of hydrogen-bond acceptors (Lipinski definition) is 5. The molecule has 0 aliphatic rings. The van der Waals surface area contributed by atoms with Gasteiger partial charge in [0.05, 0.1) is 10.2 Å². The van der Waals surface area contributed by atoms with Crippen molar-refractivity contribution in [3.63, 3.8) is 0 Å². The minimum absolute atomic E-state index is 0. The molecule has 3 rings (SSSR count). The number of rotatable bonds is 8. The molecule has 0 aliphatic heterocycles. The van der Waals surface area contributed by atoms with Gasteiger partial charge in [-0.2, -0.15) is 0 Å². The number of anilines is 1. The molecule has 3 aromatic rings. The van der Waals surface area contributed by atoms with Gasteiger partial charge in [0.15, 0.2) is 5.13 Å². The smallest absolute Gasteiger partial charge is 0.260 e. The van der Waals surface area contributed by atoms with Gasteiger partial charge in [-0.1, -0.05) is 47.2 Å². The molecule has 8 heteroatoms. The number of amides is 1. The predicted molar refractivity (Wildman–Crippen MR) is 132 cm³/mol. The largest absolute Gasteiger partial charge is 0.302 e. The molecule has 0 saturated carbocycles. The third-order valence-corrected chi connectivity index (χ3v) is 7.03. The summed E-state index contributed by atoms with van der Waals surface area (Å²) in [7, 11) is 0. The van der Waals surface area contributed by atoms with Crippen LogP contribution in [0.1, 0.15) is 24.2 Å². The summed E-state index contributed by atoms with van der Waals surface area (Å²) in [4.78, 5) is 23.5. The van der Waals surface area contributed by atoms with Gasteiger partial charge >= 0.3 is 0 Å². The monoisotopic (exact) mass is 513 g/mol. The van der Waals surface area contributed by atoms with E-state index < -0.39 is 0 Å². The SMILES string of the molecule is CCN(CC)CCN(C(=O)c1ccc(Br)cc1)c1nc2c(SC)cccc2s1.Cl.